The van der Waals surface area contributed by atoms with E-state index in [1.165, 1.54) is 30.6 Å². The molecule has 0 atom stereocenters. The summed E-state index contributed by atoms with van der Waals surface area (Å²) in [7, 11) is 0. The molecule has 5 fully saturated rings. The Morgan fingerprint density at radius 3 is 2.19 bits per heavy atom. The second kappa shape index (κ2) is 8.47. The van der Waals surface area contributed by atoms with E-state index in [9.17, 15) is 14.4 Å². The SMILES string of the molecule is CCOC(=O)c1c(NC(=O)C23CC4CC(CC(C4)C2)C3)sc(C(=O)N2CCCCC2)c1C. The molecule has 6 rings (SSSR count). The van der Waals surface area contributed by atoms with E-state index in [4.69, 9.17) is 4.74 Å². The van der Waals surface area contributed by atoms with Gasteiger partial charge in [0.05, 0.1) is 22.5 Å². The lowest BCUT2D eigenvalue weighted by molar-refractivity contribution is -0.140. The summed E-state index contributed by atoms with van der Waals surface area (Å²) in [6.45, 7) is 5.33. The molecule has 2 amide bonds. The Morgan fingerprint density at radius 2 is 1.62 bits per heavy atom. The Labute approximate surface area is 194 Å². The van der Waals surface area contributed by atoms with E-state index < -0.39 is 5.97 Å². The molecule has 0 aromatic carbocycles. The quantitative estimate of drug-likeness (QED) is 0.629. The number of hydrogen-bond acceptors (Lipinski definition) is 5. The zero-order chi connectivity index (χ0) is 22.5. The van der Waals surface area contributed by atoms with E-state index in [0.29, 0.717) is 38.8 Å². The van der Waals surface area contributed by atoms with E-state index in [0.717, 1.165) is 51.6 Å². The largest absolute Gasteiger partial charge is 0.462 e. The van der Waals surface area contributed by atoms with Gasteiger partial charge in [-0.05, 0) is 95.0 Å². The molecule has 2 heterocycles. The number of carbonyl (C=O) groups is 3. The number of nitrogens with zero attached hydrogens (tertiary/aromatic N) is 1. The van der Waals surface area contributed by atoms with Gasteiger partial charge in [-0.15, -0.1) is 11.3 Å². The summed E-state index contributed by atoms with van der Waals surface area (Å²) in [5.41, 5.74) is 0.676. The molecular formula is C25H34N2O4S. The van der Waals surface area contributed by atoms with Crippen LogP contribution in [0.5, 0.6) is 0 Å². The van der Waals surface area contributed by atoms with Crippen molar-refractivity contribution in [2.24, 2.45) is 23.2 Å². The number of piperidine rings is 1. The van der Waals surface area contributed by atoms with Gasteiger partial charge in [0, 0.05) is 13.1 Å². The van der Waals surface area contributed by atoms with Crippen molar-refractivity contribution in [1.29, 1.82) is 0 Å². The fourth-order valence-corrected chi connectivity index (χ4v) is 8.28. The van der Waals surface area contributed by atoms with Crippen molar-refractivity contribution >= 4 is 34.1 Å². The Kier molecular flexibility index (Phi) is 5.81. The van der Waals surface area contributed by atoms with Crippen molar-refractivity contribution in [3.63, 3.8) is 0 Å². The topological polar surface area (TPSA) is 75.7 Å². The van der Waals surface area contributed by atoms with E-state index in [1.54, 1.807) is 13.8 Å². The van der Waals surface area contributed by atoms with Crippen molar-refractivity contribution < 1.29 is 19.1 Å². The Hall–Kier alpha value is -1.89. The van der Waals surface area contributed by atoms with Crippen molar-refractivity contribution in [2.75, 3.05) is 25.0 Å². The number of anilines is 1. The second-order valence-electron chi connectivity index (χ2n) is 10.5. The minimum Gasteiger partial charge on any atom is -0.462 e. The predicted octanol–water partition coefficient (Wildman–Crippen LogP) is 5.01. The molecule has 1 saturated heterocycles. The molecule has 0 radical (unpaired) electrons. The summed E-state index contributed by atoms with van der Waals surface area (Å²) < 4.78 is 5.31. The van der Waals surface area contributed by atoms with Crippen molar-refractivity contribution in [1.82, 2.24) is 4.90 Å². The molecule has 6 nitrogen and oxygen atoms in total. The Morgan fingerprint density at radius 1 is 1.03 bits per heavy atom. The van der Waals surface area contributed by atoms with E-state index in [1.807, 2.05) is 4.90 Å². The molecule has 1 aliphatic heterocycles. The van der Waals surface area contributed by atoms with Gasteiger partial charge in [-0.1, -0.05) is 0 Å². The lowest BCUT2D eigenvalue weighted by Gasteiger charge is -2.55. The number of rotatable bonds is 5. The molecule has 1 N–H and O–H groups in total. The smallest absolute Gasteiger partial charge is 0.341 e. The number of amides is 2. The van der Waals surface area contributed by atoms with Crippen molar-refractivity contribution in [2.45, 2.75) is 71.6 Å². The molecule has 4 saturated carbocycles. The van der Waals surface area contributed by atoms with Crippen LogP contribution in [-0.4, -0.2) is 42.4 Å². The van der Waals surface area contributed by atoms with Crippen LogP contribution in [0.3, 0.4) is 0 Å². The third-order valence-electron chi connectivity index (χ3n) is 8.21. The summed E-state index contributed by atoms with van der Waals surface area (Å²) in [6, 6.07) is 0. The summed E-state index contributed by atoms with van der Waals surface area (Å²) in [6.07, 6.45) is 9.87. The number of esters is 1. The standard InChI is InChI=1S/C25H34N2O4S/c1-3-31-23(29)19-15(2)20(22(28)27-7-5-4-6-8-27)32-21(19)26-24(30)25-12-16-9-17(13-25)11-18(10-16)14-25/h16-18H,3-14H2,1-2H3,(H,26,30). The molecule has 0 spiro atoms. The maximum absolute atomic E-state index is 13.6. The number of thiophene rings is 1. The first-order valence-corrected chi connectivity index (χ1v) is 13.1. The van der Waals surface area contributed by atoms with Crippen LogP contribution >= 0.6 is 11.3 Å². The first-order valence-electron chi connectivity index (χ1n) is 12.3. The molecule has 1 aromatic rings. The van der Waals surface area contributed by atoms with Crippen LogP contribution in [0.4, 0.5) is 5.00 Å². The summed E-state index contributed by atoms with van der Waals surface area (Å²) in [5, 5.41) is 3.62. The van der Waals surface area contributed by atoms with Crippen LogP contribution in [0.25, 0.3) is 0 Å². The minimum atomic E-state index is -0.459. The molecular weight excluding hydrogens is 424 g/mol. The first-order chi connectivity index (χ1) is 15.4. The fraction of sp³-hybridized carbons (Fsp3) is 0.720. The van der Waals surface area contributed by atoms with Gasteiger partial charge in [0.2, 0.25) is 5.91 Å². The van der Waals surface area contributed by atoms with Crippen LogP contribution in [0.1, 0.15) is 90.3 Å². The first kappa shape index (κ1) is 21.9. The Balaban J connectivity index is 1.44. The van der Waals surface area contributed by atoms with Gasteiger partial charge in [0.15, 0.2) is 0 Å². The highest BCUT2D eigenvalue weighted by Gasteiger charge is 2.54. The van der Waals surface area contributed by atoms with Crippen LogP contribution in [0.2, 0.25) is 0 Å². The molecule has 5 aliphatic rings. The van der Waals surface area contributed by atoms with Gasteiger partial charge in [-0.2, -0.15) is 0 Å². The fourth-order valence-electron chi connectivity index (χ4n) is 7.12. The molecule has 1 aromatic heterocycles. The Bertz CT molecular complexity index is 895. The monoisotopic (exact) mass is 458 g/mol. The van der Waals surface area contributed by atoms with Crippen LogP contribution in [0, 0.1) is 30.1 Å². The van der Waals surface area contributed by atoms with Gasteiger partial charge in [0.1, 0.15) is 5.00 Å². The maximum Gasteiger partial charge on any atom is 0.341 e. The lowest BCUT2D eigenvalue weighted by atomic mass is 9.49. The average molecular weight is 459 g/mol. The van der Waals surface area contributed by atoms with E-state index in [2.05, 4.69) is 5.32 Å². The normalized spacial score (nSPS) is 30.9. The number of hydrogen-bond donors (Lipinski definition) is 1. The zero-order valence-corrected chi connectivity index (χ0v) is 20.0. The van der Waals surface area contributed by atoms with Gasteiger partial charge >= 0.3 is 5.97 Å². The maximum atomic E-state index is 13.6. The third-order valence-corrected chi connectivity index (χ3v) is 9.41. The van der Waals surface area contributed by atoms with Gasteiger partial charge < -0.3 is 15.0 Å². The van der Waals surface area contributed by atoms with Crippen LogP contribution in [-0.2, 0) is 9.53 Å². The molecule has 174 valence electrons. The van der Waals surface area contributed by atoms with Crippen molar-refractivity contribution in [3.8, 4) is 0 Å². The van der Waals surface area contributed by atoms with Gasteiger partial charge in [-0.25, -0.2) is 4.79 Å². The average Bonchev–Trinajstić information content (AvgIpc) is 3.08. The minimum absolute atomic E-state index is 0.0342. The highest BCUT2D eigenvalue weighted by molar-refractivity contribution is 7.18. The summed E-state index contributed by atoms with van der Waals surface area (Å²) in [5.74, 6) is 1.54. The predicted molar refractivity (Wildman–Crippen MR) is 124 cm³/mol. The summed E-state index contributed by atoms with van der Waals surface area (Å²) >= 11 is 1.25. The molecule has 7 heteroatoms. The lowest BCUT2D eigenvalue weighted by Crippen LogP contribution is -2.51. The van der Waals surface area contributed by atoms with Crippen molar-refractivity contribution in [3.05, 3.63) is 16.0 Å². The van der Waals surface area contributed by atoms with Gasteiger partial charge in [0.25, 0.3) is 5.91 Å². The van der Waals surface area contributed by atoms with E-state index >= 15 is 0 Å². The molecule has 4 bridgehead atoms. The number of ether oxygens (including phenoxy) is 1. The van der Waals surface area contributed by atoms with E-state index in [-0.39, 0.29) is 23.8 Å². The molecule has 0 unspecified atom stereocenters. The van der Waals surface area contributed by atoms with Crippen LogP contribution < -0.4 is 5.32 Å². The van der Waals surface area contributed by atoms with Gasteiger partial charge in [-0.3, -0.25) is 9.59 Å². The second-order valence-corrected chi connectivity index (χ2v) is 11.5. The number of likely N-dealkylation sites (tertiary alicyclic amines) is 1. The number of carbonyl (C=O) groups excluding carboxylic acids is 3. The molecule has 4 aliphatic carbocycles. The molecule has 32 heavy (non-hydrogen) atoms. The summed E-state index contributed by atoms with van der Waals surface area (Å²) in [4.78, 5) is 42.1. The third kappa shape index (κ3) is 3.76. The number of nitrogens with one attached hydrogen (secondary N) is 1. The highest BCUT2D eigenvalue weighted by Crippen LogP contribution is 2.60. The van der Waals surface area contributed by atoms with Crippen LogP contribution in [0.15, 0.2) is 0 Å². The highest BCUT2D eigenvalue weighted by atomic mass is 32.1. The zero-order valence-electron chi connectivity index (χ0n) is 19.2.